The Balaban J connectivity index is 2.24. The van der Waals surface area contributed by atoms with E-state index in [0.29, 0.717) is 19.7 Å². The minimum absolute atomic E-state index is 0.0608. The molecular weight excluding hydrogens is 240 g/mol. The molecular formula is C15H24N2O2. The maximum atomic E-state index is 11.7. The average Bonchev–Trinajstić information content (AvgIpc) is 2.37. The van der Waals surface area contributed by atoms with Crippen LogP contribution in [0, 0.1) is 6.92 Å². The number of nitrogens with zero attached hydrogens (tertiary/aromatic N) is 1. The third-order valence-corrected chi connectivity index (χ3v) is 2.83. The van der Waals surface area contributed by atoms with Crippen molar-refractivity contribution < 1.29 is 9.53 Å². The predicted molar refractivity (Wildman–Crippen MR) is 77.0 cm³/mol. The maximum Gasteiger partial charge on any atom is 0.234 e. The van der Waals surface area contributed by atoms with E-state index in [0.717, 1.165) is 13.0 Å². The van der Waals surface area contributed by atoms with Crippen LogP contribution in [0.4, 0.5) is 0 Å². The third-order valence-electron chi connectivity index (χ3n) is 2.83. The molecule has 106 valence electrons. The maximum absolute atomic E-state index is 11.7. The van der Waals surface area contributed by atoms with Crippen LogP contribution in [0.1, 0.15) is 17.5 Å². The van der Waals surface area contributed by atoms with E-state index in [-0.39, 0.29) is 5.91 Å². The van der Waals surface area contributed by atoms with E-state index in [1.54, 1.807) is 7.11 Å². The van der Waals surface area contributed by atoms with E-state index < -0.39 is 0 Å². The number of nitrogens with one attached hydrogen (secondary N) is 1. The number of likely N-dealkylation sites (N-methyl/N-ethyl adjacent to an activating group) is 1. The first kappa shape index (κ1) is 15.7. The van der Waals surface area contributed by atoms with Crippen LogP contribution in [0.2, 0.25) is 0 Å². The second-order valence-corrected chi connectivity index (χ2v) is 4.85. The normalized spacial score (nSPS) is 10.7. The lowest BCUT2D eigenvalue weighted by molar-refractivity contribution is -0.122. The number of benzene rings is 1. The molecule has 0 spiro atoms. The highest BCUT2D eigenvalue weighted by Gasteiger charge is 2.06. The van der Waals surface area contributed by atoms with Crippen LogP contribution < -0.4 is 5.32 Å². The average molecular weight is 264 g/mol. The zero-order valence-corrected chi connectivity index (χ0v) is 12.1. The van der Waals surface area contributed by atoms with E-state index in [4.69, 9.17) is 4.74 Å². The Morgan fingerprint density at radius 2 is 2.00 bits per heavy atom. The third kappa shape index (κ3) is 6.94. The first-order chi connectivity index (χ1) is 9.11. The van der Waals surface area contributed by atoms with Gasteiger partial charge >= 0.3 is 0 Å². The van der Waals surface area contributed by atoms with Gasteiger partial charge in [-0.2, -0.15) is 0 Å². The second kappa shape index (κ2) is 8.67. The summed E-state index contributed by atoms with van der Waals surface area (Å²) in [5.41, 5.74) is 2.47. The fourth-order valence-electron chi connectivity index (χ4n) is 1.81. The number of aryl methyl sites for hydroxylation is 1. The van der Waals surface area contributed by atoms with Crippen LogP contribution in [0.15, 0.2) is 24.3 Å². The number of rotatable bonds is 8. The molecule has 4 nitrogen and oxygen atoms in total. The van der Waals surface area contributed by atoms with Gasteiger partial charge in [-0.25, -0.2) is 0 Å². The van der Waals surface area contributed by atoms with E-state index in [9.17, 15) is 4.79 Å². The summed E-state index contributed by atoms with van der Waals surface area (Å²) in [6.45, 7) is 4.62. The molecule has 0 fully saturated rings. The molecule has 0 bridgehead atoms. The highest BCUT2D eigenvalue weighted by Crippen LogP contribution is 2.05. The monoisotopic (exact) mass is 264 g/mol. The molecule has 1 aromatic rings. The van der Waals surface area contributed by atoms with Gasteiger partial charge in [0.2, 0.25) is 5.91 Å². The number of ether oxygens (including phenoxy) is 1. The summed E-state index contributed by atoms with van der Waals surface area (Å²) in [6, 6.07) is 8.38. The quantitative estimate of drug-likeness (QED) is 0.725. The van der Waals surface area contributed by atoms with Crippen molar-refractivity contribution in [2.24, 2.45) is 0 Å². The Morgan fingerprint density at radius 1 is 1.32 bits per heavy atom. The van der Waals surface area contributed by atoms with Gasteiger partial charge in [-0.1, -0.05) is 29.8 Å². The minimum Gasteiger partial charge on any atom is -0.385 e. The number of amides is 1. The van der Waals surface area contributed by atoms with Crippen LogP contribution in [-0.2, 0) is 16.1 Å². The molecule has 0 aliphatic heterocycles. The Labute approximate surface area is 115 Å². The van der Waals surface area contributed by atoms with Crippen LogP contribution in [0.5, 0.6) is 0 Å². The van der Waals surface area contributed by atoms with Crippen LogP contribution in [-0.4, -0.2) is 44.7 Å². The molecule has 0 heterocycles. The molecule has 0 atom stereocenters. The molecule has 1 aromatic carbocycles. The zero-order valence-electron chi connectivity index (χ0n) is 12.1. The largest absolute Gasteiger partial charge is 0.385 e. The number of hydrogen-bond acceptors (Lipinski definition) is 3. The van der Waals surface area contributed by atoms with Crippen molar-refractivity contribution in [2.75, 3.05) is 33.9 Å². The van der Waals surface area contributed by atoms with Gasteiger partial charge in [0.25, 0.3) is 0 Å². The Kier molecular flexibility index (Phi) is 7.15. The number of carbonyl (C=O) groups is 1. The lowest BCUT2D eigenvalue weighted by atomic mass is 10.1. The van der Waals surface area contributed by atoms with Crippen LogP contribution in [0.25, 0.3) is 0 Å². The van der Waals surface area contributed by atoms with Crippen LogP contribution in [0.3, 0.4) is 0 Å². The van der Waals surface area contributed by atoms with Crippen molar-refractivity contribution in [3.8, 4) is 0 Å². The molecule has 19 heavy (non-hydrogen) atoms. The first-order valence-corrected chi connectivity index (χ1v) is 6.61. The lowest BCUT2D eigenvalue weighted by Gasteiger charge is -2.16. The first-order valence-electron chi connectivity index (χ1n) is 6.61. The highest BCUT2D eigenvalue weighted by molar-refractivity contribution is 5.77. The molecule has 0 aromatic heterocycles. The summed E-state index contributed by atoms with van der Waals surface area (Å²) >= 11 is 0. The predicted octanol–water partition coefficient (Wildman–Crippen LogP) is 1.58. The molecule has 0 saturated carbocycles. The molecule has 1 N–H and O–H groups in total. The van der Waals surface area contributed by atoms with Crippen molar-refractivity contribution in [1.29, 1.82) is 0 Å². The molecule has 0 saturated heterocycles. The van der Waals surface area contributed by atoms with E-state index in [2.05, 4.69) is 36.5 Å². The fourth-order valence-corrected chi connectivity index (χ4v) is 1.81. The van der Waals surface area contributed by atoms with Crippen molar-refractivity contribution in [3.05, 3.63) is 35.4 Å². The number of carbonyl (C=O) groups excluding carboxylic acids is 1. The molecule has 0 aliphatic rings. The lowest BCUT2D eigenvalue weighted by Crippen LogP contribution is -2.35. The van der Waals surface area contributed by atoms with Gasteiger partial charge in [0.1, 0.15) is 0 Å². The summed E-state index contributed by atoms with van der Waals surface area (Å²) in [4.78, 5) is 13.7. The molecule has 0 radical (unpaired) electrons. The van der Waals surface area contributed by atoms with Crippen molar-refractivity contribution in [1.82, 2.24) is 10.2 Å². The van der Waals surface area contributed by atoms with E-state index in [1.165, 1.54) is 11.1 Å². The van der Waals surface area contributed by atoms with Gasteiger partial charge in [-0.15, -0.1) is 0 Å². The molecule has 1 rings (SSSR count). The SMILES string of the molecule is COCCCNC(=O)CN(C)Cc1ccc(C)cc1. The summed E-state index contributed by atoms with van der Waals surface area (Å²) in [5.74, 6) is 0.0608. The van der Waals surface area contributed by atoms with Crippen molar-refractivity contribution in [2.45, 2.75) is 19.9 Å². The second-order valence-electron chi connectivity index (χ2n) is 4.85. The molecule has 0 aliphatic carbocycles. The molecule has 1 amide bonds. The topological polar surface area (TPSA) is 41.6 Å². The minimum atomic E-state index is 0.0608. The Hall–Kier alpha value is -1.39. The van der Waals surface area contributed by atoms with Gasteiger partial charge in [0.15, 0.2) is 0 Å². The van der Waals surface area contributed by atoms with Gasteiger partial charge in [0.05, 0.1) is 6.54 Å². The standard InChI is InChI=1S/C15H24N2O2/c1-13-5-7-14(8-6-13)11-17(2)12-15(18)16-9-4-10-19-3/h5-8H,4,9-12H2,1-3H3,(H,16,18). The highest BCUT2D eigenvalue weighted by atomic mass is 16.5. The van der Waals surface area contributed by atoms with Crippen molar-refractivity contribution >= 4 is 5.91 Å². The van der Waals surface area contributed by atoms with Gasteiger partial charge in [-0.3, -0.25) is 9.69 Å². The summed E-state index contributed by atoms with van der Waals surface area (Å²) in [7, 11) is 3.62. The zero-order chi connectivity index (χ0) is 14.1. The number of methoxy groups -OCH3 is 1. The Bertz CT molecular complexity index is 376. The smallest absolute Gasteiger partial charge is 0.234 e. The van der Waals surface area contributed by atoms with E-state index in [1.807, 2.05) is 11.9 Å². The van der Waals surface area contributed by atoms with Gasteiger partial charge < -0.3 is 10.1 Å². The number of hydrogen-bond donors (Lipinski definition) is 1. The molecule has 0 unspecified atom stereocenters. The van der Waals surface area contributed by atoms with Gasteiger partial charge in [-0.05, 0) is 26.0 Å². The summed E-state index contributed by atoms with van der Waals surface area (Å²) < 4.78 is 4.93. The molecule has 4 heteroatoms. The van der Waals surface area contributed by atoms with Gasteiger partial charge in [0, 0.05) is 26.8 Å². The Morgan fingerprint density at radius 3 is 2.63 bits per heavy atom. The summed E-state index contributed by atoms with van der Waals surface area (Å²) in [5, 5.41) is 2.88. The van der Waals surface area contributed by atoms with Crippen LogP contribution >= 0.6 is 0 Å². The van der Waals surface area contributed by atoms with Crippen molar-refractivity contribution in [3.63, 3.8) is 0 Å². The fraction of sp³-hybridized carbons (Fsp3) is 0.533. The van der Waals surface area contributed by atoms with E-state index >= 15 is 0 Å². The summed E-state index contributed by atoms with van der Waals surface area (Å²) in [6.07, 6.45) is 0.851.